The summed E-state index contributed by atoms with van der Waals surface area (Å²) in [5, 5.41) is 0. The summed E-state index contributed by atoms with van der Waals surface area (Å²) in [6.07, 6.45) is 1.55. The molecular formula is C11H6O2. The first-order chi connectivity index (χ1) is 6.38. The lowest BCUT2D eigenvalue weighted by Gasteiger charge is -1.93. The standard InChI is InChI=1S/C11H6O2/c12-10-8-4-2-1-3-7(8)9-5-6-13-11(9)10/h1-6H. The van der Waals surface area contributed by atoms with Gasteiger partial charge in [0.1, 0.15) is 0 Å². The Labute approximate surface area is 74.8 Å². The molecule has 0 fully saturated rings. The number of carbonyl (C=O) groups is 1. The molecule has 0 aliphatic heterocycles. The zero-order chi connectivity index (χ0) is 8.84. The first-order valence-electron chi connectivity index (χ1n) is 4.09. The Hall–Kier alpha value is -1.83. The highest BCUT2D eigenvalue weighted by molar-refractivity contribution is 6.19. The first-order valence-corrected chi connectivity index (χ1v) is 4.09. The maximum Gasteiger partial charge on any atom is 0.229 e. The first kappa shape index (κ1) is 6.66. The average Bonchev–Trinajstić information content (AvgIpc) is 2.72. The van der Waals surface area contributed by atoms with Crippen LogP contribution >= 0.6 is 0 Å². The molecule has 0 unspecified atom stereocenters. The van der Waals surface area contributed by atoms with E-state index in [-0.39, 0.29) is 5.78 Å². The summed E-state index contributed by atoms with van der Waals surface area (Å²) in [7, 11) is 0. The Balaban J connectivity index is 2.43. The summed E-state index contributed by atoms with van der Waals surface area (Å²) < 4.78 is 5.12. The van der Waals surface area contributed by atoms with Gasteiger partial charge in [0.15, 0.2) is 5.76 Å². The van der Waals surface area contributed by atoms with Crippen molar-refractivity contribution in [2.45, 2.75) is 0 Å². The molecule has 1 heterocycles. The fraction of sp³-hybridized carbons (Fsp3) is 0. The third kappa shape index (κ3) is 0.699. The number of hydrogen-bond donors (Lipinski definition) is 0. The molecule has 0 radical (unpaired) electrons. The molecule has 1 aromatic heterocycles. The van der Waals surface area contributed by atoms with Crippen molar-refractivity contribution in [2.24, 2.45) is 0 Å². The number of furan rings is 1. The van der Waals surface area contributed by atoms with Crippen molar-refractivity contribution in [1.29, 1.82) is 0 Å². The minimum atomic E-state index is -0.00407. The third-order valence-electron chi connectivity index (χ3n) is 2.33. The quantitative estimate of drug-likeness (QED) is 0.518. The Bertz CT molecular complexity index is 494. The molecule has 2 aromatic rings. The van der Waals surface area contributed by atoms with Crippen molar-refractivity contribution >= 4 is 5.78 Å². The lowest BCUT2D eigenvalue weighted by molar-refractivity contribution is 0.101. The second-order valence-electron chi connectivity index (χ2n) is 3.04. The lowest BCUT2D eigenvalue weighted by atomic mass is 10.1. The van der Waals surface area contributed by atoms with Gasteiger partial charge >= 0.3 is 0 Å². The number of hydrogen-bond acceptors (Lipinski definition) is 2. The molecule has 0 atom stereocenters. The summed E-state index contributed by atoms with van der Waals surface area (Å²) in [6.45, 7) is 0. The Kier molecular flexibility index (Phi) is 1.08. The summed E-state index contributed by atoms with van der Waals surface area (Å²) in [5.41, 5.74) is 2.65. The molecule has 2 nitrogen and oxygen atoms in total. The normalized spacial score (nSPS) is 12.8. The SMILES string of the molecule is O=C1c2ccccc2-c2ccoc21. The van der Waals surface area contributed by atoms with E-state index in [9.17, 15) is 4.79 Å². The molecule has 0 N–H and O–H groups in total. The Morgan fingerprint density at radius 3 is 2.54 bits per heavy atom. The van der Waals surface area contributed by atoms with Gasteiger partial charge in [-0.05, 0) is 11.6 Å². The highest BCUT2D eigenvalue weighted by Gasteiger charge is 2.28. The van der Waals surface area contributed by atoms with Crippen molar-refractivity contribution in [3.8, 4) is 11.1 Å². The largest absolute Gasteiger partial charge is 0.460 e. The number of fused-ring (bicyclic) bond motifs is 3. The molecule has 0 amide bonds. The highest BCUT2D eigenvalue weighted by Crippen LogP contribution is 2.36. The van der Waals surface area contributed by atoms with Gasteiger partial charge in [0.2, 0.25) is 5.78 Å². The second kappa shape index (κ2) is 2.10. The second-order valence-corrected chi connectivity index (χ2v) is 3.04. The van der Waals surface area contributed by atoms with Crippen molar-refractivity contribution in [1.82, 2.24) is 0 Å². The van der Waals surface area contributed by atoms with Crippen molar-refractivity contribution < 1.29 is 9.21 Å². The van der Waals surface area contributed by atoms with E-state index < -0.39 is 0 Å². The van der Waals surface area contributed by atoms with Crippen molar-refractivity contribution in [2.75, 3.05) is 0 Å². The smallest absolute Gasteiger partial charge is 0.229 e. The molecule has 0 spiro atoms. The van der Waals surface area contributed by atoms with Gasteiger partial charge < -0.3 is 4.42 Å². The molecule has 0 saturated heterocycles. The van der Waals surface area contributed by atoms with E-state index in [0.717, 1.165) is 16.7 Å². The Morgan fingerprint density at radius 1 is 0.923 bits per heavy atom. The summed E-state index contributed by atoms with van der Waals surface area (Å²) in [5.74, 6) is 0.469. The van der Waals surface area contributed by atoms with Gasteiger partial charge in [-0.1, -0.05) is 24.3 Å². The fourth-order valence-corrected chi connectivity index (χ4v) is 1.74. The molecule has 0 bridgehead atoms. The fourth-order valence-electron chi connectivity index (χ4n) is 1.74. The van der Waals surface area contributed by atoms with Gasteiger partial charge in [-0.15, -0.1) is 0 Å². The lowest BCUT2D eigenvalue weighted by Crippen LogP contribution is -1.92. The topological polar surface area (TPSA) is 30.2 Å². The van der Waals surface area contributed by atoms with Crippen LogP contribution in [0.5, 0.6) is 0 Å². The van der Waals surface area contributed by atoms with Crippen LogP contribution in [0.3, 0.4) is 0 Å². The van der Waals surface area contributed by atoms with Crippen LogP contribution in [0.1, 0.15) is 16.1 Å². The van der Waals surface area contributed by atoms with Crippen molar-refractivity contribution in [3.63, 3.8) is 0 Å². The minimum Gasteiger partial charge on any atom is -0.460 e. The Morgan fingerprint density at radius 2 is 1.69 bits per heavy atom. The van der Waals surface area contributed by atoms with Crippen LogP contribution < -0.4 is 0 Å². The monoisotopic (exact) mass is 170 g/mol. The average molecular weight is 170 g/mol. The van der Waals surface area contributed by atoms with Gasteiger partial charge in [-0.25, -0.2) is 0 Å². The summed E-state index contributed by atoms with van der Waals surface area (Å²) in [4.78, 5) is 11.7. The molecule has 62 valence electrons. The van der Waals surface area contributed by atoms with E-state index in [4.69, 9.17) is 4.42 Å². The maximum absolute atomic E-state index is 11.7. The van der Waals surface area contributed by atoms with Crippen LogP contribution in [0, 0.1) is 0 Å². The van der Waals surface area contributed by atoms with Crippen LogP contribution in [-0.4, -0.2) is 5.78 Å². The van der Waals surface area contributed by atoms with E-state index in [1.54, 1.807) is 6.26 Å². The van der Waals surface area contributed by atoms with Gasteiger partial charge in [-0.3, -0.25) is 4.79 Å². The van der Waals surface area contributed by atoms with Gasteiger partial charge in [0.05, 0.1) is 6.26 Å². The van der Waals surface area contributed by atoms with Crippen LogP contribution in [0.4, 0.5) is 0 Å². The minimum absolute atomic E-state index is 0.00407. The van der Waals surface area contributed by atoms with Gasteiger partial charge in [0.25, 0.3) is 0 Å². The van der Waals surface area contributed by atoms with Crippen LogP contribution in [0.25, 0.3) is 11.1 Å². The summed E-state index contributed by atoms with van der Waals surface area (Å²) >= 11 is 0. The van der Waals surface area contributed by atoms with Crippen LogP contribution in [-0.2, 0) is 0 Å². The maximum atomic E-state index is 11.7. The van der Waals surface area contributed by atoms with Crippen LogP contribution in [0.15, 0.2) is 41.0 Å². The summed E-state index contributed by atoms with van der Waals surface area (Å²) in [6, 6.07) is 9.39. The van der Waals surface area contributed by atoms with E-state index in [1.165, 1.54) is 0 Å². The molecule has 0 saturated carbocycles. The molecule has 3 rings (SSSR count). The van der Waals surface area contributed by atoms with E-state index >= 15 is 0 Å². The van der Waals surface area contributed by atoms with Crippen LogP contribution in [0.2, 0.25) is 0 Å². The zero-order valence-electron chi connectivity index (χ0n) is 6.78. The predicted octanol–water partition coefficient (Wildman–Crippen LogP) is 2.49. The zero-order valence-corrected chi connectivity index (χ0v) is 6.78. The molecule has 1 aliphatic carbocycles. The molecule has 1 aliphatic rings. The highest BCUT2D eigenvalue weighted by atomic mass is 16.3. The number of ketones is 1. The van der Waals surface area contributed by atoms with Gasteiger partial charge in [0, 0.05) is 11.1 Å². The van der Waals surface area contributed by atoms with Crippen molar-refractivity contribution in [3.05, 3.63) is 47.9 Å². The number of benzene rings is 1. The van der Waals surface area contributed by atoms with Gasteiger partial charge in [-0.2, -0.15) is 0 Å². The molecule has 2 heteroatoms. The molecule has 1 aromatic carbocycles. The molecular weight excluding hydrogens is 164 g/mol. The third-order valence-corrected chi connectivity index (χ3v) is 2.33. The van der Waals surface area contributed by atoms with E-state index in [1.807, 2.05) is 30.3 Å². The number of carbonyl (C=O) groups excluding carboxylic acids is 1. The van der Waals surface area contributed by atoms with E-state index in [0.29, 0.717) is 5.76 Å². The predicted molar refractivity (Wildman–Crippen MR) is 47.6 cm³/mol. The van der Waals surface area contributed by atoms with E-state index in [2.05, 4.69) is 0 Å². The number of rotatable bonds is 0. The molecule has 13 heavy (non-hydrogen) atoms.